The van der Waals surface area contributed by atoms with Crippen molar-refractivity contribution < 1.29 is 9.18 Å². The van der Waals surface area contributed by atoms with Crippen LogP contribution in [0.15, 0.2) is 42.5 Å². The zero-order valence-corrected chi connectivity index (χ0v) is 13.1. The molecule has 104 valence electrons. The van der Waals surface area contributed by atoms with Crippen molar-refractivity contribution in [2.75, 3.05) is 5.32 Å². The maximum atomic E-state index is 13.1. The van der Waals surface area contributed by atoms with Crippen LogP contribution in [0.1, 0.15) is 11.1 Å². The fraction of sp³-hybridized carbons (Fsp3) is 0.133. The van der Waals surface area contributed by atoms with Crippen molar-refractivity contribution in [2.45, 2.75) is 13.5 Å². The van der Waals surface area contributed by atoms with E-state index in [1.165, 1.54) is 12.1 Å². The highest BCUT2D eigenvalue weighted by Gasteiger charge is 2.04. The fourth-order valence-corrected chi connectivity index (χ4v) is 2.29. The Morgan fingerprint density at radius 2 is 2.05 bits per heavy atom. The largest absolute Gasteiger partial charge is 0.334 e. The molecule has 0 aliphatic heterocycles. The average Bonchev–Trinajstić information content (AvgIpc) is 2.40. The molecule has 3 nitrogen and oxygen atoms in total. The number of rotatable bonds is 3. The number of carbonyl (C=O) groups is 1. The molecular weight excluding hydrogens is 370 g/mol. The zero-order valence-electron chi connectivity index (χ0n) is 10.9. The van der Waals surface area contributed by atoms with Crippen molar-refractivity contribution in [2.24, 2.45) is 0 Å². The van der Waals surface area contributed by atoms with Crippen LogP contribution in [0, 0.1) is 16.3 Å². The van der Waals surface area contributed by atoms with Gasteiger partial charge in [0.1, 0.15) is 5.82 Å². The quantitative estimate of drug-likeness (QED) is 0.770. The van der Waals surface area contributed by atoms with E-state index < -0.39 is 0 Å². The molecule has 0 saturated heterocycles. The lowest BCUT2D eigenvalue weighted by molar-refractivity contribution is 0.251. The lowest BCUT2D eigenvalue weighted by Crippen LogP contribution is -2.28. The summed E-state index contributed by atoms with van der Waals surface area (Å²) in [7, 11) is 0. The summed E-state index contributed by atoms with van der Waals surface area (Å²) >= 11 is 2.18. The summed E-state index contributed by atoms with van der Waals surface area (Å²) in [6.45, 7) is 2.17. The normalized spacial score (nSPS) is 10.2. The minimum atomic E-state index is -0.310. The van der Waals surface area contributed by atoms with E-state index in [1.807, 2.05) is 31.2 Å². The SMILES string of the molecule is Cc1ccc(F)cc1CNC(=O)Nc1cccc(I)c1. The number of hydrogen-bond acceptors (Lipinski definition) is 1. The van der Waals surface area contributed by atoms with Crippen molar-refractivity contribution in [1.82, 2.24) is 5.32 Å². The number of aryl methyl sites for hydroxylation is 1. The zero-order chi connectivity index (χ0) is 14.5. The number of carbonyl (C=O) groups excluding carboxylic acids is 1. The smallest absolute Gasteiger partial charge is 0.319 e. The van der Waals surface area contributed by atoms with Gasteiger partial charge in [0.05, 0.1) is 0 Å². The van der Waals surface area contributed by atoms with Crippen molar-refractivity contribution in [3.05, 3.63) is 63.0 Å². The van der Waals surface area contributed by atoms with Crippen LogP contribution in [0.25, 0.3) is 0 Å². The monoisotopic (exact) mass is 384 g/mol. The van der Waals surface area contributed by atoms with Crippen LogP contribution in [0.3, 0.4) is 0 Å². The molecule has 0 aliphatic carbocycles. The van der Waals surface area contributed by atoms with E-state index in [4.69, 9.17) is 0 Å². The van der Waals surface area contributed by atoms with Gasteiger partial charge in [0.2, 0.25) is 0 Å². The summed E-state index contributed by atoms with van der Waals surface area (Å²) < 4.78 is 14.2. The summed E-state index contributed by atoms with van der Waals surface area (Å²) in [5.74, 6) is -0.301. The van der Waals surface area contributed by atoms with Crippen LogP contribution >= 0.6 is 22.6 Å². The van der Waals surface area contributed by atoms with Gasteiger partial charge in [0, 0.05) is 15.8 Å². The fourth-order valence-electron chi connectivity index (χ4n) is 1.75. The van der Waals surface area contributed by atoms with Gasteiger partial charge in [0.25, 0.3) is 0 Å². The highest BCUT2D eigenvalue weighted by Crippen LogP contribution is 2.13. The van der Waals surface area contributed by atoms with Crippen LogP contribution in [0.4, 0.5) is 14.9 Å². The van der Waals surface area contributed by atoms with Gasteiger partial charge in [-0.3, -0.25) is 0 Å². The molecule has 2 aromatic rings. The molecule has 2 aromatic carbocycles. The Labute approximate surface area is 130 Å². The van der Waals surface area contributed by atoms with Gasteiger partial charge in [0.15, 0.2) is 0 Å². The van der Waals surface area contributed by atoms with Gasteiger partial charge in [-0.15, -0.1) is 0 Å². The topological polar surface area (TPSA) is 41.1 Å². The first-order valence-corrected chi connectivity index (χ1v) is 7.18. The summed E-state index contributed by atoms with van der Waals surface area (Å²) in [4.78, 5) is 11.8. The molecule has 0 spiro atoms. The number of anilines is 1. The summed E-state index contributed by atoms with van der Waals surface area (Å²) in [6, 6.07) is 11.7. The van der Waals surface area contributed by atoms with E-state index >= 15 is 0 Å². The first-order valence-electron chi connectivity index (χ1n) is 6.10. The molecule has 0 radical (unpaired) electrons. The van der Waals surface area contributed by atoms with Gasteiger partial charge in [-0.1, -0.05) is 12.1 Å². The molecule has 0 atom stereocenters. The minimum absolute atomic E-state index is 0.291. The predicted octanol–water partition coefficient (Wildman–Crippen LogP) is 4.06. The van der Waals surface area contributed by atoms with E-state index in [1.54, 1.807) is 6.07 Å². The minimum Gasteiger partial charge on any atom is -0.334 e. The Morgan fingerprint density at radius 3 is 2.80 bits per heavy atom. The Morgan fingerprint density at radius 1 is 1.25 bits per heavy atom. The van der Waals surface area contributed by atoms with Crippen LogP contribution in [0.2, 0.25) is 0 Å². The Kier molecular flexibility index (Phi) is 4.94. The van der Waals surface area contributed by atoms with E-state index in [9.17, 15) is 9.18 Å². The van der Waals surface area contributed by atoms with Crippen LogP contribution in [0.5, 0.6) is 0 Å². The van der Waals surface area contributed by atoms with Crippen molar-refractivity contribution in [1.29, 1.82) is 0 Å². The van der Waals surface area contributed by atoms with Gasteiger partial charge in [-0.05, 0) is 71.0 Å². The predicted molar refractivity (Wildman–Crippen MR) is 86.2 cm³/mol. The van der Waals surface area contributed by atoms with Crippen LogP contribution in [-0.4, -0.2) is 6.03 Å². The molecule has 2 N–H and O–H groups in total. The molecule has 5 heteroatoms. The highest BCUT2D eigenvalue weighted by atomic mass is 127. The maximum Gasteiger partial charge on any atom is 0.319 e. The molecule has 0 aromatic heterocycles. The summed E-state index contributed by atoms with van der Waals surface area (Å²) in [6.07, 6.45) is 0. The van der Waals surface area contributed by atoms with Crippen molar-refractivity contribution in [3.63, 3.8) is 0 Å². The molecule has 2 rings (SSSR count). The lowest BCUT2D eigenvalue weighted by Gasteiger charge is -2.10. The van der Waals surface area contributed by atoms with E-state index in [-0.39, 0.29) is 11.8 Å². The molecule has 0 heterocycles. The third-order valence-corrected chi connectivity index (χ3v) is 3.50. The summed E-state index contributed by atoms with van der Waals surface area (Å²) in [5.41, 5.74) is 2.44. The van der Waals surface area contributed by atoms with Gasteiger partial charge in [-0.25, -0.2) is 9.18 Å². The van der Waals surface area contributed by atoms with Gasteiger partial charge >= 0.3 is 6.03 Å². The number of amides is 2. The molecule has 2 amide bonds. The second-order valence-electron chi connectivity index (χ2n) is 4.39. The second-order valence-corrected chi connectivity index (χ2v) is 5.63. The van der Waals surface area contributed by atoms with Crippen LogP contribution in [-0.2, 0) is 6.54 Å². The van der Waals surface area contributed by atoms with Crippen molar-refractivity contribution in [3.8, 4) is 0 Å². The Balaban J connectivity index is 1.94. The number of urea groups is 1. The maximum absolute atomic E-state index is 13.1. The lowest BCUT2D eigenvalue weighted by atomic mass is 10.1. The number of nitrogens with one attached hydrogen (secondary N) is 2. The molecule has 0 unspecified atom stereocenters. The standard InChI is InChI=1S/C15H14FIN2O/c1-10-5-6-12(16)7-11(10)9-18-15(20)19-14-4-2-3-13(17)8-14/h2-8H,9H2,1H3,(H2,18,19,20). The molecule has 20 heavy (non-hydrogen) atoms. The number of halogens is 2. The van der Waals surface area contributed by atoms with Gasteiger partial charge in [-0.2, -0.15) is 0 Å². The number of hydrogen-bond donors (Lipinski definition) is 2. The van der Waals surface area contributed by atoms with Crippen LogP contribution < -0.4 is 10.6 Å². The van der Waals surface area contributed by atoms with E-state index in [0.717, 1.165) is 20.4 Å². The Hall–Kier alpha value is -1.63. The summed E-state index contributed by atoms with van der Waals surface area (Å²) in [5, 5.41) is 5.45. The average molecular weight is 384 g/mol. The molecular formula is C15H14FIN2O. The first kappa shape index (κ1) is 14.8. The highest BCUT2D eigenvalue weighted by molar-refractivity contribution is 14.1. The molecule has 0 saturated carbocycles. The number of benzene rings is 2. The van der Waals surface area contributed by atoms with Gasteiger partial charge < -0.3 is 10.6 Å². The van der Waals surface area contributed by atoms with E-state index in [0.29, 0.717) is 6.54 Å². The third kappa shape index (κ3) is 4.19. The van der Waals surface area contributed by atoms with Crippen molar-refractivity contribution >= 4 is 34.3 Å². The second kappa shape index (κ2) is 6.69. The van der Waals surface area contributed by atoms with E-state index in [2.05, 4.69) is 33.2 Å². The molecule has 0 bridgehead atoms. The molecule has 0 fully saturated rings. The third-order valence-electron chi connectivity index (χ3n) is 2.83. The Bertz CT molecular complexity index is 631. The molecule has 0 aliphatic rings. The first-order chi connectivity index (χ1) is 9.54.